The summed E-state index contributed by atoms with van der Waals surface area (Å²) in [5.41, 5.74) is 1.11. The highest BCUT2D eigenvalue weighted by Gasteiger charge is 2.04. The van der Waals surface area contributed by atoms with Crippen molar-refractivity contribution in [1.82, 2.24) is 0 Å². The van der Waals surface area contributed by atoms with Gasteiger partial charge in [0, 0.05) is 0 Å². The Hall–Kier alpha value is -1.12. The van der Waals surface area contributed by atoms with Crippen molar-refractivity contribution in [2.24, 2.45) is 0 Å². The molecule has 0 aliphatic carbocycles. The van der Waals surface area contributed by atoms with E-state index in [1.807, 2.05) is 13.8 Å². The standard InChI is InChI=1S/C10H12F2O.CH4/c1-7(2)8-3-5-9(6-4-8)13-10(11)12;/h3-7,10H,1-2H3;1H4. The van der Waals surface area contributed by atoms with Gasteiger partial charge in [0.15, 0.2) is 0 Å². The summed E-state index contributed by atoms with van der Waals surface area (Å²) < 4.78 is 27.7. The molecule has 0 atom stereocenters. The molecule has 14 heavy (non-hydrogen) atoms. The maximum absolute atomic E-state index is 11.8. The predicted octanol–water partition coefficient (Wildman–Crippen LogP) is 4.05. The molecule has 0 aliphatic rings. The Morgan fingerprint density at radius 1 is 1.07 bits per heavy atom. The van der Waals surface area contributed by atoms with Crippen LogP contribution in [0.5, 0.6) is 5.75 Å². The van der Waals surface area contributed by atoms with Crippen LogP contribution in [0.2, 0.25) is 0 Å². The zero-order valence-electron chi connectivity index (χ0n) is 7.63. The van der Waals surface area contributed by atoms with Crippen LogP contribution in [0.3, 0.4) is 0 Å². The van der Waals surface area contributed by atoms with Gasteiger partial charge in [-0.2, -0.15) is 8.78 Å². The molecule has 0 aromatic heterocycles. The second kappa shape index (κ2) is 5.58. The summed E-state index contributed by atoms with van der Waals surface area (Å²) in [6.07, 6.45) is 0. The van der Waals surface area contributed by atoms with Crippen molar-refractivity contribution < 1.29 is 13.5 Å². The summed E-state index contributed by atoms with van der Waals surface area (Å²) in [4.78, 5) is 0. The van der Waals surface area contributed by atoms with Crippen molar-refractivity contribution in [3.8, 4) is 5.75 Å². The Balaban J connectivity index is 0.00000169. The number of rotatable bonds is 3. The molecule has 0 heterocycles. The van der Waals surface area contributed by atoms with Gasteiger partial charge in [-0.1, -0.05) is 33.4 Å². The number of hydrogen-bond acceptors (Lipinski definition) is 1. The van der Waals surface area contributed by atoms with E-state index in [2.05, 4.69) is 4.74 Å². The molecule has 0 radical (unpaired) electrons. The van der Waals surface area contributed by atoms with Gasteiger partial charge in [-0.25, -0.2) is 0 Å². The van der Waals surface area contributed by atoms with E-state index in [0.29, 0.717) is 5.92 Å². The molecule has 1 rings (SSSR count). The summed E-state index contributed by atoms with van der Waals surface area (Å²) in [7, 11) is 0. The number of halogens is 2. The van der Waals surface area contributed by atoms with Crippen molar-refractivity contribution in [2.75, 3.05) is 0 Å². The van der Waals surface area contributed by atoms with Crippen molar-refractivity contribution in [2.45, 2.75) is 33.8 Å². The van der Waals surface area contributed by atoms with Crippen LogP contribution >= 0.6 is 0 Å². The van der Waals surface area contributed by atoms with E-state index in [1.165, 1.54) is 0 Å². The maximum atomic E-state index is 11.8. The lowest BCUT2D eigenvalue weighted by atomic mass is 10.0. The molecule has 0 spiro atoms. The Bertz CT molecular complexity index is 254. The molecule has 0 unspecified atom stereocenters. The van der Waals surface area contributed by atoms with E-state index >= 15 is 0 Å². The quantitative estimate of drug-likeness (QED) is 0.718. The largest absolute Gasteiger partial charge is 0.435 e. The van der Waals surface area contributed by atoms with Crippen molar-refractivity contribution in [1.29, 1.82) is 0 Å². The predicted molar refractivity (Wildman–Crippen MR) is 53.9 cm³/mol. The highest BCUT2D eigenvalue weighted by molar-refractivity contribution is 5.28. The number of hydrogen-bond donors (Lipinski definition) is 0. The zero-order chi connectivity index (χ0) is 9.84. The SMILES string of the molecule is C.CC(C)c1ccc(OC(F)F)cc1. The van der Waals surface area contributed by atoms with Crippen molar-refractivity contribution >= 4 is 0 Å². The second-order valence-corrected chi connectivity index (χ2v) is 3.10. The molecule has 1 nitrogen and oxygen atoms in total. The second-order valence-electron chi connectivity index (χ2n) is 3.10. The van der Waals surface area contributed by atoms with Gasteiger partial charge in [0.2, 0.25) is 0 Å². The first kappa shape index (κ1) is 12.9. The number of benzene rings is 1. The first-order valence-electron chi connectivity index (χ1n) is 4.14. The van der Waals surface area contributed by atoms with E-state index in [1.54, 1.807) is 24.3 Å². The smallest absolute Gasteiger partial charge is 0.387 e. The minimum atomic E-state index is -2.75. The maximum Gasteiger partial charge on any atom is 0.387 e. The lowest BCUT2D eigenvalue weighted by Gasteiger charge is -2.07. The van der Waals surface area contributed by atoms with Gasteiger partial charge in [0.25, 0.3) is 0 Å². The summed E-state index contributed by atoms with van der Waals surface area (Å²) in [5.74, 6) is 0.611. The van der Waals surface area contributed by atoms with Gasteiger partial charge in [0.05, 0.1) is 0 Å². The van der Waals surface area contributed by atoms with Gasteiger partial charge < -0.3 is 4.74 Å². The molecule has 3 heteroatoms. The van der Waals surface area contributed by atoms with E-state index < -0.39 is 6.61 Å². The van der Waals surface area contributed by atoms with Crippen LogP contribution in [0.25, 0.3) is 0 Å². The molecule has 80 valence electrons. The first-order valence-corrected chi connectivity index (χ1v) is 4.14. The summed E-state index contributed by atoms with van der Waals surface area (Å²) in [5, 5.41) is 0. The fraction of sp³-hybridized carbons (Fsp3) is 0.455. The van der Waals surface area contributed by atoms with E-state index in [0.717, 1.165) is 5.56 Å². The Morgan fingerprint density at radius 2 is 1.57 bits per heavy atom. The molecule has 0 saturated heterocycles. The van der Waals surface area contributed by atoms with Crippen LogP contribution < -0.4 is 4.74 Å². The van der Waals surface area contributed by atoms with Gasteiger partial charge in [-0.3, -0.25) is 0 Å². The lowest BCUT2D eigenvalue weighted by Crippen LogP contribution is -2.01. The highest BCUT2D eigenvalue weighted by atomic mass is 19.3. The fourth-order valence-corrected chi connectivity index (χ4v) is 1.03. The van der Waals surface area contributed by atoms with E-state index in [4.69, 9.17) is 0 Å². The highest BCUT2D eigenvalue weighted by Crippen LogP contribution is 2.19. The van der Waals surface area contributed by atoms with Crippen LogP contribution in [0.15, 0.2) is 24.3 Å². The minimum absolute atomic E-state index is 0. The number of ether oxygens (including phenoxy) is 1. The molecule has 1 aromatic carbocycles. The molecule has 1 aromatic rings. The molecule has 0 amide bonds. The third-order valence-electron chi connectivity index (χ3n) is 1.77. The van der Waals surface area contributed by atoms with Crippen molar-refractivity contribution in [3.63, 3.8) is 0 Å². The molecule has 0 fully saturated rings. The van der Waals surface area contributed by atoms with Crippen LogP contribution in [0.4, 0.5) is 8.78 Å². The molecular formula is C11H16F2O. The topological polar surface area (TPSA) is 9.23 Å². The van der Waals surface area contributed by atoms with Gasteiger partial charge in [0.1, 0.15) is 5.75 Å². The van der Waals surface area contributed by atoms with E-state index in [-0.39, 0.29) is 13.2 Å². The van der Waals surface area contributed by atoms with Crippen molar-refractivity contribution in [3.05, 3.63) is 29.8 Å². The average Bonchev–Trinajstić information content (AvgIpc) is 2.04. The third kappa shape index (κ3) is 3.73. The molecular weight excluding hydrogens is 186 g/mol. The molecule has 0 aliphatic heterocycles. The molecule has 0 saturated carbocycles. The lowest BCUT2D eigenvalue weighted by molar-refractivity contribution is -0.0498. The normalized spacial score (nSPS) is 10.1. The molecule has 0 N–H and O–H groups in total. The summed E-state index contributed by atoms with van der Waals surface area (Å²) >= 11 is 0. The van der Waals surface area contributed by atoms with Crippen LogP contribution in [-0.2, 0) is 0 Å². The average molecular weight is 202 g/mol. The van der Waals surface area contributed by atoms with Crippen LogP contribution in [-0.4, -0.2) is 6.61 Å². The van der Waals surface area contributed by atoms with Crippen LogP contribution in [0, 0.1) is 0 Å². The van der Waals surface area contributed by atoms with Gasteiger partial charge in [-0.05, 0) is 23.6 Å². The fourth-order valence-electron chi connectivity index (χ4n) is 1.03. The summed E-state index contributed by atoms with van der Waals surface area (Å²) in [6.45, 7) is 1.34. The van der Waals surface area contributed by atoms with E-state index in [9.17, 15) is 8.78 Å². The third-order valence-corrected chi connectivity index (χ3v) is 1.77. The summed E-state index contributed by atoms with van der Waals surface area (Å²) in [6, 6.07) is 6.70. The minimum Gasteiger partial charge on any atom is -0.435 e. The van der Waals surface area contributed by atoms with Gasteiger partial charge in [-0.15, -0.1) is 0 Å². The van der Waals surface area contributed by atoms with Gasteiger partial charge >= 0.3 is 6.61 Å². The Kier molecular flexibility index (Phi) is 5.13. The number of alkyl halides is 2. The zero-order valence-corrected chi connectivity index (χ0v) is 7.63. The monoisotopic (exact) mass is 202 g/mol. The first-order chi connectivity index (χ1) is 6.09. The molecule has 0 bridgehead atoms. The Labute approximate surface area is 83.7 Å². The van der Waals surface area contributed by atoms with Crippen LogP contribution in [0.1, 0.15) is 32.8 Å². The Morgan fingerprint density at radius 3 is 1.93 bits per heavy atom.